The molecule has 0 saturated carbocycles. The fourth-order valence-corrected chi connectivity index (χ4v) is 12.4. The van der Waals surface area contributed by atoms with Gasteiger partial charge in [0.05, 0.1) is 0 Å². The summed E-state index contributed by atoms with van der Waals surface area (Å²) in [7, 11) is 0. The Hall–Kier alpha value is -5.72. The lowest BCUT2D eigenvalue weighted by molar-refractivity contribution is 0.603. The summed E-state index contributed by atoms with van der Waals surface area (Å²) in [4.78, 5) is 0. The Labute approximate surface area is 356 Å². The molecule has 6 unspecified atom stereocenters. The van der Waals surface area contributed by atoms with E-state index in [9.17, 15) is 0 Å². The van der Waals surface area contributed by atoms with E-state index >= 15 is 0 Å². The molecule has 0 fully saturated rings. The summed E-state index contributed by atoms with van der Waals surface area (Å²) in [5.41, 5.74) is 21.4. The number of fused-ring (bicyclic) bond motifs is 11. The van der Waals surface area contributed by atoms with Crippen LogP contribution in [-0.4, -0.2) is 0 Å². The zero-order valence-electron chi connectivity index (χ0n) is 35.1. The standard InChI is InChI=1S/C60H54/c1-3-37(2)46-20-10-14-40-15-11-21-51(60(40)46)45-28-31-54-56(44-27-30-50-42(33-44)25-23-39-13-5-7-17-48(39)50)35-58-53-19-9-8-18-52(53)55(36-59(58)57(54)34-45)43-26-29-49-41(32-43)24-22-38-12-4-6-16-47(38)49/h4-10,12-18,20,22-27,29-30,34-38,43-44,47,53H,3,11,19,21,28,31-33H2,1-2H3. The molecule has 294 valence electrons. The first-order chi connectivity index (χ1) is 29.6. The summed E-state index contributed by atoms with van der Waals surface area (Å²) in [5, 5.41) is 5.69. The van der Waals surface area contributed by atoms with Crippen molar-refractivity contribution in [3.8, 4) is 0 Å². The number of rotatable bonds is 5. The van der Waals surface area contributed by atoms with Gasteiger partial charge in [-0.05, 0) is 163 Å². The van der Waals surface area contributed by atoms with Crippen LogP contribution in [0.4, 0.5) is 0 Å². The van der Waals surface area contributed by atoms with Crippen LogP contribution >= 0.6 is 0 Å². The van der Waals surface area contributed by atoms with Crippen LogP contribution in [0.25, 0.3) is 40.6 Å². The molecule has 8 aliphatic rings. The van der Waals surface area contributed by atoms with Crippen molar-refractivity contribution in [1.29, 1.82) is 0 Å². The molecule has 0 bridgehead atoms. The second kappa shape index (κ2) is 14.5. The first-order valence-electron chi connectivity index (χ1n) is 23.1. The molecule has 0 saturated heterocycles. The highest BCUT2D eigenvalue weighted by Gasteiger charge is 2.37. The number of hydrogen-bond acceptors (Lipinski definition) is 0. The molecule has 12 rings (SSSR count). The second-order valence-corrected chi connectivity index (χ2v) is 18.7. The molecule has 0 nitrogen and oxygen atoms in total. The van der Waals surface area contributed by atoms with Crippen LogP contribution in [0, 0.1) is 17.8 Å². The highest BCUT2D eigenvalue weighted by molar-refractivity contribution is 5.93. The van der Waals surface area contributed by atoms with E-state index in [-0.39, 0.29) is 0 Å². The Morgan fingerprint density at radius 1 is 0.717 bits per heavy atom. The Bertz CT molecular complexity index is 2970. The van der Waals surface area contributed by atoms with Gasteiger partial charge in [0.1, 0.15) is 0 Å². The highest BCUT2D eigenvalue weighted by Crippen LogP contribution is 2.52. The summed E-state index contributed by atoms with van der Waals surface area (Å²) >= 11 is 0. The largest absolute Gasteiger partial charge is 0.0836 e. The third kappa shape index (κ3) is 5.78. The van der Waals surface area contributed by atoms with E-state index < -0.39 is 0 Å². The fraction of sp³-hybridized carbons (Fsp3) is 0.267. The molecule has 0 aliphatic heterocycles. The van der Waals surface area contributed by atoms with E-state index in [1.54, 1.807) is 33.1 Å². The van der Waals surface area contributed by atoms with Crippen molar-refractivity contribution in [2.45, 2.75) is 83.0 Å². The van der Waals surface area contributed by atoms with Gasteiger partial charge in [0.2, 0.25) is 0 Å². The molecule has 0 heteroatoms. The molecule has 6 atom stereocenters. The quantitative estimate of drug-likeness (QED) is 0.189. The Kier molecular flexibility index (Phi) is 8.73. The minimum Gasteiger partial charge on any atom is -0.0836 e. The molecule has 0 spiro atoms. The maximum Gasteiger partial charge on any atom is 0.0133 e. The van der Waals surface area contributed by atoms with Gasteiger partial charge in [0.15, 0.2) is 0 Å². The van der Waals surface area contributed by atoms with Crippen molar-refractivity contribution in [3.63, 3.8) is 0 Å². The van der Waals surface area contributed by atoms with Crippen LogP contribution in [0.1, 0.15) is 115 Å². The summed E-state index contributed by atoms with van der Waals surface area (Å²) in [5.74, 6) is 2.58. The van der Waals surface area contributed by atoms with Gasteiger partial charge in [-0.15, -0.1) is 0 Å². The molecule has 0 aromatic heterocycles. The minimum absolute atomic E-state index is 0.358. The van der Waals surface area contributed by atoms with Crippen molar-refractivity contribution < 1.29 is 0 Å². The predicted molar refractivity (Wildman–Crippen MR) is 255 cm³/mol. The second-order valence-electron chi connectivity index (χ2n) is 18.7. The third-order valence-electron chi connectivity index (χ3n) is 15.6. The monoisotopic (exact) mass is 774 g/mol. The van der Waals surface area contributed by atoms with Crippen molar-refractivity contribution in [2.75, 3.05) is 0 Å². The third-order valence-corrected chi connectivity index (χ3v) is 15.6. The van der Waals surface area contributed by atoms with E-state index in [4.69, 9.17) is 0 Å². The van der Waals surface area contributed by atoms with Gasteiger partial charge in [-0.2, -0.15) is 0 Å². The molecule has 60 heavy (non-hydrogen) atoms. The van der Waals surface area contributed by atoms with Crippen molar-refractivity contribution in [1.82, 2.24) is 0 Å². The lowest BCUT2D eigenvalue weighted by atomic mass is 9.65. The molecule has 4 aromatic carbocycles. The summed E-state index contributed by atoms with van der Waals surface area (Å²) in [6, 6.07) is 23.4. The first-order valence-corrected chi connectivity index (χ1v) is 23.1. The van der Waals surface area contributed by atoms with Crippen LogP contribution in [-0.2, 0) is 12.8 Å². The van der Waals surface area contributed by atoms with Gasteiger partial charge in [0, 0.05) is 29.6 Å². The van der Waals surface area contributed by atoms with E-state index in [0.717, 1.165) is 51.4 Å². The number of benzene rings is 4. The first kappa shape index (κ1) is 36.2. The summed E-state index contributed by atoms with van der Waals surface area (Å²) in [6.45, 7) is 4.77. The molecule has 0 radical (unpaired) electrons. The SMILES string of the molecule is CCC(C)c1cccc2c1=C(C1=Cc3c4c(cc(C5C=Cc6c(ccc7ccccc67)C5)c3CC1)C1CC=CC=C1C(C1C=CC3=C(C=CC5C=CC=CC35)C1)=C4)CCC=2. The molecule has 4 aromatic rings. The van der Waals surface area contributed by atoms with Gasteiger partial charge in [-0.1, -0.05) is 166 Å². The predicted octanol–water partition coefficient (Wildman–Crippen LogP) is 13.6. The lowest BCUT2D eigenvalue weighted by Gasteiger charge is -2.38. The molecule has 0 amide bonds. The Balaban J connectivity index is 1.04. The molecular weight excluding hydrogens is 721 g/mol. The highest BCUT2D eigenvalue weighted by atomic mass is 14.4. The summed E-state index contributed by atoms with van der Waals surface area (Å²) in [6.07, 6.45) is 48.1. The fourth-order valence-electron chi connectivity index (χ4n) is 12.4. The molecule has 0 N–H and O–H groups in total. The van der Waals surface area contributed by atoms with E-state index in [2.05, 4.69) is 172 Å². The Morgan fingerprint density at radius 3 is 2.58 bits per heavy atom. The molecule has 0 heterocycles. The lowest BCUT2D eigenvalue weighted by Crippen LogP contribution is -2.34. The molecular formula is C60H54. The zero-order chi connectivity index (χ0) is 39.9. The maximum absolute atomic E-state index is 2.71. The smallest absolute Gasteiger partial charge is 0.0133 e. The average Bonchev–Trinajstić information content (AvgIpc) is 3.32. The van der Waals surface area contributed by atoms with Gasteiger partial charge < -0.3 is 0 Å². The van der Waals surface area contributed by atoms with Crippen LogP contribution in [0.15, 0.2) is 161 Å². The van der Waals surface area contributed by atoms with Crippen LogP contribution < -0.4 is 10.4 Å². The molecule has 8 aliphatic carbocycles. The van der Waals surface area contributed by atoms with E-state index in [1.165, 1.54) is 66.1 Å². The normalized spacial score (nSPS) is 25.8. The maximum atomic E-state index is 2.71. The Morgan fingerprint density at radius 2 is 1.63 bits per heavy atom. The van der Waals surface area contributed by atoms with Gasteiger partial charge in [-0.25, -0.2) is 0 Å². The van der Waals surface area contributed by atoms with Crippen LogP contribution in [0.5, 0.6) is 0 Å². The van der Waals surface area contributed by atoms with Crippen molar-refractivity contribution in [2.24, 2.45) is 17.8 Å². The zero-order valence-corrected chi connectivity index (χ0v) is 35.1. The van der Waals surface area contributed by atoms with Gasteiger partial charge in [0.25, 0.3) is 0 Å². The van der Waals surface area contributed by atoms with E-state index in [1.807, 2.05) is 0 Å². The van der Waals surface area contributed by atoms with Crippen molar-refractivity contribution >= 4 is 40.6 Å². The minimum atomic E-state index is 0.358. The number of allylic oxidation sites excluding steroid dienone is 17. The van der Waals surface area contributed by atoms with E-state index in [0.29, 0.717) is 35.5 Å². The van der Waals surface area contributed by atoms with Gasteiger partial charge in [-0.3, -0.25) is 0 Å². The van der Waals surface area contributed by atoms with Gasteiger partial charge >= 0.3 is 0 Å². The number of hydrogen-bond donors (Lipinski definition) is 0. The average molecular weight is 775 g/mol. The van der Waals surface area contributed by atoms with Crippen LogP contribution in [0.3, 0.4) is 0 Å². The van der Waals surface area contributed by atoms with Crippen LogP contribution in [0.2, 0.25) is 0 Å². The summed E-state index contributed by atoms with van der Waals surface area (Å²) < 4.78 is 0. The van der Waals surface area contributed by atoms with Crippen molar-refractivity contribution in [3.05, 3.63) is 216 Å². The topological polar surface area (TPSA) is 0 Å².